The van der Waals surface area contributed by atoms with E-state index in [-0.39, 0.29) is 33.5 Å². The minimum atomic E-state index is -4.15. The number of nitrogens with zero attached hydrogens (tertiary/aromatic N) is 2. The monoisotopic (exact) mass is 558 g/mol. The second-order valence-corrected chi connectivity index (χ2v) is 11.1. The molecule has 4 aromatic rings. The molecule has 0 bridgehead atoms. The van der Waals surface area contributed by atoms with Gasteiger partial charge in [-0.25, -0.2) is 22.3 Å². The van der Waals surface area contributed by atoms with E-state index in [0.717, 1.165) is 4.68 Å². The number of carboxylic acids is 1. The third-order valence-electron chi connectivity index (χ3n) is 5.18. The lowest BCUT2D eigenvalue weighted by molar-refractivity contribution is 0.0689. The number of amides is 1. The lowest BCUT2D eigenvalue weighted by Crippen LogP contribution is -2.30. The van der Waals surface area contributed by atoms with Crippen LogP contribution in [0.5, 0.6) is 11.6 Å². The highest BCUT2D eigenvalue weighted by atomic mass is 32.2. The van der Waals surface area contributed by atoms with Gasteiger partial charge in [0.15, 0.2) is 5.69 Å². The first kappa shape index (κ1) is 27.0. The van der Waals surface area contributed by atoms with Gasteiger partial charge in [0.1, 0.15) is 16.5 Å². The number of carboxylic acid groups (broad SMARTS) is 1. The molecule has 1 amide bonds. The number of aromatic carboxylic acids is 1. The molecule has 10 nitrogen and oxygen atoms in total. The first-order chi connectivity index (χ1) is 18.0. The molecule has 2 heterocycles. The molecule has 0 atom stereocenters. The molecule has 0 aliphatic rings. The molecule has 0 aliphatic carbocycles. The number of aromatic nitrogens is 2. The number of carbonyl (C=O) groups is 2. The third-order valence-corrected chi connectivity index (χ3v) is 7.72. The summed E-state index contributed by atoms with van der Waals surface area (Å²) in [6.45, 7) is 4.75. The molecule has 4 rings (SSSR count). The van der Waals surface area contributed by atoms with E-state index in [2.05, 4.69) is 15.1 Å². The zero-order valence-electron chi connectivity index (χ0n) is 20.4. The van der Waals surface area contributed by atoms with Gasteiger partial charge >= 0.3 is 5.97 Å². The Bertz CT molecular complexity index is 1600. The van der Waals surface area contributed by atoms with Crippen LogP contribution < -0.4 is 14.8 Å². The van der Waals surface area contributed by atoms with Crippen molar-refractivity contribution in [3.8, 4) is 17.3 Å². The zero-order valence-corrected chi connectivity index (χ0v) is 22.1. The van der Waals surface area contributed by atoms with Crippen molar-refractivity contribution in [1.29, 1.82) is 0 Å². The topological polar surface area (TPSA) is 140 Å². The maximum absolute atomic E-state index is 13.5. The molecule has 0 aliphatic heterocycles. The Morgan fingerprint density at radius 1 is 1.13 bits per heavy atom. The van der Waals surface area contributed by atoms with E-state index < -0.39 is 33.8 Å². The highest BCUT2D eigenvalue weighted by molar-refractivity contribution is 7.89. The van der Waals surface area contributed by atoms with E-state index >= 15 is 0 Å². The van der Waals surface area contributed by atoms with Crippen LogP contribution in [-0.2, 0) is 10.0 Å². The van der Waals surface area contributed by atoms with Gasteiger partial charge in [-0.15, -0.1) is 11.3 Å². The van der Waals surface area contributed by atoms with Gasteiger partial charge in [-0.2, -0.15) is 9.78 Å². The lowest BCUT2D eigenvalue weighted by atomic mass is 10.2. The molecule has 3 N–H and O–H groups in total. The van der Waals surface area contributed by atoms with Crippen molar-refractivity contribution >= 4 is 38.9 Å². The van der Waals surface area contributed by atoms with Crippen LogP contribution in [0.2, 0.25) is 0 Å². The number of halogens is 1. The number of benzene rings is 2. The van der Waals surface area contributed by atoms with Gasteiger partial charge in [-0.3, -0.25) is 4.79 Å². The van der Waals surface area contributed by atoms with Crippen LogP contribution in [0.1, 0.15) is 39.6 Å². The third kappa shape index (κ3) is 5.74. The van der Waals surface area contributed by atoms with Crippen LogP contribution in [0.15, 0.2) is 64.9 Å². The second-order valence-electron chi connectivity index (χ2n) is 8.44. The molecule has 13 heteroatoms. The summed E-state index contributed by atoms with van der Waals surface area (Å²) in [6, 6.07) is 12.0. The second kappa shape index (κ2) is 10.7. The number of hydrogen-bond acceptors (Lipinski definition) is 7. The van der Waals surface area contributed by atoms with Gasteiger partial charge < -0.3 is 15.2 Å². The molecule has 0 radical (unpaired) electrons. The number of rotatable bonds is 9. The molecule has 0 spiro atoms. The molecule has 0 saturated heterocycles. The standard InChI is InChI=1S/C25H23FN4O6S2/c1-14(2)29-38(34,35)21-13-17(27-23(31)20-5-4-12-37-20)8-11-19(21)36-24-15(3)22(25(32)33)28-30(24)18-9-6-16(26)7-10-18/h4-14,29H,1-3H3,(H,27,31)(H,32,33). The van der Waals surface area contributed by atoms with E-state index in [9.17, 15) is 27.5 Å². The van der Waals surface area contributed by atoms with Crippen molar-refractivity contribution in [1.82, 2.24) is 14.5 Å². The zero-order chi connectivity index (χ0) is 27.6. The van der Waals surface area contributed by atoms with E-state index in [1.807, 2.05) is 0 Å². The smallest absolute Gasteiger partial charge is 0.356 e. The first-order valence-corrected chi connectivity index (χ1v) is 13.6. The molecule has 2 aromatic carbocycles. The fraction of sp³-hybridized carbons (Fsp3) is 0.160. The van der Waals surface area contributed by atoms with Crippen LogP contribution in [0.4, 0.5) is 10.1 Å². The molecule has 38 heavy (non-hydrogen) atoms. The van der Waals surface area contributed by atoms with E-state index in [1.54, 1.807) is 31.4 Å². The minimum Gasteiger partial charge on any atom is -0.476 e. The SMILES string of the molecule is Cc1c(C(=O)O)nn(-c2ccc(F)cc2)c1Oc1ccc(NC(=O)c2cccs2)cc1S(=O)(=O)NC(C)C. The average Bonchev–Trinajstić information content (AvgIpc) is 3.49. The van der Waals surface area contributed by atoms with Crippen molar-refractivity contribution in [2.24, 2.45) is 0 Å². The van der Waals surface area contributed by atoms with E-state index in [4.69, 9.17) is 4.74 Å². The predicted octanol–water partition coefficient (Wildman–Crippen LogP) is 4.81. The lowest BCUT2D eigenvalue weighted by Gasteiger charge is -2.17. The van der Waals surface area contributed by atoms with Crippen LogP contribution in [0.3, 0.4) is 0 Å². The van der Waals surface area contributed by atoms with Gasteiger partial charge in [0.25, 0.3) is 5.91 Å². The number of hydrogen-bond donors (Lipinski definition) is 3. The number of anilines is 1. The summed E-state index contributed by atoms with van der Waals surface area (Å²) in [6.07, 6.45) is 0. The quantitative estimate of drug-likeness (QED) is 0.268. The van der Waals surface area contributed by atoms with Crippen molar-refractivity contribution in [2.75, 3.05) is 5.32 Å². The first-order valence-electron chi connectivity index (χ1n) is 11.2. The Kier molecular flexibility index (Phi) is 7.62. The molecule has 0 saturated carbocycles. The number of nitrogens with one attached hydrogen (secondary N) is 2. The van der Waals surface area contributed by atoms with Gasteiger partial charge in [0.2, 0.25) is 15.9 Å². The van der Waals surface area contributed by atoms with Crippen LogP contribution in [0, 0.1) is 12.7 Å². The fourth-order valence-electron chi connectivity index (χ4n) is 3.52. The Hall–Kier alpha value is -4.07. The Labute approximate surface area is 221 Å². The summed E-state index contributed by atoms with van der Waals surface area (Å²) in [7, 11) is -4.15. The number of sulfonamides is 1. The summed E-state index contributed by atoms with van der Waals surface area (Å²) in [5.74, 6) is -2.47. The largest absolute Gasteiger partial charge is 0.476 e. The van der Waals surface area contributed by atoms with Crippen molar-refractivity contribution in [3.05, 3.63) is 81.9 Å². The highest BCUT2D eigenvalue weighted by Gasteiger charge is 2.27. The molecule has 0 unspecified atom stereocenters. The summed E-state index contributed by atoms with van der Waals surface area (Å²) in [5.41, 5.74) is 0.294. The van der Waals surface area contributed by atoms with Crippen LogP contribution in [-0.4, -0.2) is 41.2 Å². The van der Waals surface area contributed by atoms with Gasteiger partial charge in [0, 0.05) is 17.3 Å². The minimum absolute atomic E-state index is 0.0784. The molecular weight excluding hydrogens is 535 g/mol. The molecule has 0 fully saturated rings. The van der Waals surface area contributed by atoms with E-state index in [0.29, 0.717) is 10.6 Å². The van der Waals surface area contributed by atoms with E-state index in [1.165, 1.54) is 60.7 Å². The van der Waals surface area contributed by atoms with Crippen molar-refractivity contribution in [2.45, 2.75) is 31.7 Å². The van der Waals surface area contributed by atoms with Gasteiger partial charge in [-0.05, 0) is 74.7 Å². The molecular formula is C25H23FN4O6S2. The van der Waals surface area contributed by atoms with Gasteiger partial charge in [-0.1, -0.05) is 6.07 Å². The van der Waals surface area contributed by atoms with Crippen molar-refractivity contribution < 1.29 is 32.2 Å². The summed E-state index contributed by atoms with van der Waals surface area (Å²) < 4.78 is 49.6. The Morgan fingerprint density at radius 2 is 1.84 bits per heavy atom. The Morgan fingerprint density at radius 3 is 2.45 bits per heavy atom. The highest BCUT2D eigenvalue weighted by Crippen LogP contribution is 2.35. The maximum Gasteiger partial charge on any atom is 0.356 e. The normalized spacial score (nSPS) is 11.5. The van der Waals surface area contributed by atoms with Crippen molar-refractivity contribution in [3.63, 3.8) is 0 Å². The molecule has 2 aromatic heterocycles. The summed E-state index contributed by atoms with van der Waals surface area (Å²) in [4.78, 5) is 24.5. The fourth-order valence-corrected chi connectivity index (χ4v) is 5.54. The predicted molar refractivity (Wildman–Crippen MR) is 139 cm³/mol. The average molecular weight is 559 g/mol. The number of thiophene rings is 1. The Balaban J connectivity index is 1.81. The maximum atomic E-state index is 13.5. The number of carbonyl (C=O) groups excluding carboxylic acids is 1. The summed E-state index contributed by atoms with van der Waals surface area (Å²) in [5, 5.41) is 18.1. The molecule has 198 valence electrons. The van der Waals surface area contributed by atoms with Crippen LogP contribution >= 0.6 is 11.3 Å². The van der Waals surface area contributed by atoms with Gasteiger partial charge in [0.05, 0.1) is 10.6 Å². The summed E-state index contributed by atoms with van der Waals surface area (Å²) >= 11 is 1.23. The number of ether oxygens (including phenoxy) is 1. The van der Waals surface area contributed by atoms with Crippen LogP contribution in [0.25, 0.3) is 5.69 Å².